The van der Waals surface area contributed by atoms with E-state index in [0.29, 0.717) is 0 Å². The minimum atomic E-state index is 1.01. The van der Waals surface area contributed by atoms with Gasteiger partial charge in [-0.2, -0.15) is 0 Å². The van der Waals surface area contributed by atoms with Crippen molar-refractivity contribution in [1.82, 2.24) is 0 Å². The molecule has 1 aromatic carbocycles. The van der Waals surface area contributed by atoms with Gasteiger partial charge in [0.05, 0.1) is 0 Å². The smallest absolute Gasteiger partial charge is 0.0273 e. The van der Waals surface area contributed by atoms with Crippen LogP contribution in [0.4, 0.5) is 0 Å². The molecular weight excluding hydrogens is 158 g/mol. The van der Waals surface area contributed by atoms with Crippen LogP contribution in [0.25, 0.3) is 6.08 Å². The third kappa shape index (κ3) is 3.70. The molecule has 0 N–H and O–H groups in total. The second-order valence-electron chi connectivity index (χ2n) is 2.94. The summed E-state index contributed by atoms with van der Waals surface area (Å²) in [6.45, 7) is 4.14. The largest absolute Gasteiger partial charge is 0.266 e. The Hall–Kier alpha value is -1.37. The van der Waals surface area contributed by atoms with Crippen LogP contribution in [-0.4, -0.2) is 5.71 Å². The number of nitrogens with zero attached hydrogens (tertiary/aromatic N) is 1. The molecule has 0 spiro atoms. The Balaban J connectivity index is 2.60. The van der Waals surface area contributed by atoms with Crippen molar-refractivity contribution in [2.45, 2.75) is 20.3 Å². The molecular formula is C12H15N. The van der Waals surface area contributed by atoms with E-state index in [1.54, 1.807) is 0 Å². The first-order chi connectivity index (χ1) is 6.33. The van der Waals surface area contributed by atoms with Crippen molar-refractivity contribution >= 4 is 11.8 Å². The van der Waals surface area contributed by atoms with Gasteiger partial charge in [-0.05, 0) is 25.0 Å². The van der Waals surface area contributed by atoms with E-state index in [-0.39, 0.29) is 0 Å². The number of rotatable bonds is 3. The van der Waals surface area contributed by atoms with E-state index < -0.39 is 0 Å². The van der Waals surface area contributed by atoms with Crippen molar-refractivity contribution in [2.75, 3.05) is 0 Å². The fourth-order valence-electron chi connectivity index (χ4n) is 0.906. The van der Waals surface area contributed by atoms with Gasteiger partial charge >= 0.3 is 0 Å². The number of hydrogen-bond acceptors (Lipinski definition) is 1. The van der Waals surface area contributed by atoms with Crippen molar-refractivity contribution < 1.29 is 0 Å². The van der Waals surface area contributed by atoms with Gasteiger partial charge in [-0.3, -0.25) is 4.99 Å². The van der Waals surface area contributed by atoms with E-state index >= 15 is 0 Å². The van der Waals surface area contributed by atoms with Crippen LogP contribution in [0.3, 0.4) is 0 Å². The Morgan fingerprint density at radius 3 is 2.62 bits per heavy atom. The fraction of sp³-hybridized carbons (Fsp3) is 0.250. The maximum Gasteiger partial charge on any atom is 0.0273 e. The minimum Gasteiger partial charge on any atom is -0.266 e. The molecule has 1 nitrogen and oxygen atoms in total. The Bertz CT molecular complexity index is 296. The van der Waals surface area contributed by atoms with Gasteiger partial charge in [0.25, 0.3) is 0 Å². The van der Waals surface area contributed by atoms with Crippen molar-refractivity contribution in [3.63, 3.8) is 0 Å². The molecule has 0 heterocycles. The first-order valence-corrected chi connectivity index (χ1v) is 4.58. The number of hydrogen-bond donors (Lipinski definition) is 0. The predicted molar refractivity (Wildman–Crippen MR) is 58.9 cm³/mol. The third-order valence-electron chi connectivity index (χ3n) is 1.87. The molecule has 0 saturated heterocycles. The summed E-state index contributed by atoms with van der Waals surface area (Å²) in [6, 6.07) is 10.2. The van der Waals surface area contributed by atoms with Crippen molar-refractivity contribution in [3.8, 4) is 0 Å². The van der Waals surface area contributed by atoms with Crippen LogP contribution < -0.4 is 0 Å². The monoisotopic (exact) mass is 173 g/mol. The molecule has 0 aliphatic carbocycles. The predicted octanol–water partition coefficient (Wildman–Crippen LogP) is 3.53. The normalized spacial score (nSPS) is 12.3. The molecule has 0 aromatic heterocycles. The van der Waals surface area contributed by atoms with Gasteiger partial charge < -0.3 is 0 Å². The van der Waals surface area contributed by atoms with Crippen LogP contribution in [0.1, 0.15) is 25.8 Å². The minimum absolute atomic E-state index is 1.01. The summed E-state index contributed by atoms with van der Waals surface area (Å²) in [6.07, 6.45) is 4.88. The lowest BCUT2D eigenvalue weighted by Gasteiger charge is -1.90. The van der Waals surface area contributed by atoms with E-state index in [0.717, 1.165) is 12.1 Å². The zero-order chi connectivity index (χ0) is 9.52. The molecule has 13 heavy (non-hydrogen) atoms. The van der Waals surface area contributed by atoms with Crippen LogP contribution >= 0.6 is 0 Å². The lowest BCUT2D eigenvalue weighted by Crippen LogP contribution is -1.83. The summed E-state index contributed by atoms with van der Waals surface area (Å²) in [5.41, 5.74) is 2.35. The summed E-state index contributed by atoms with van der Waals surface area (Å²) in [4.78, 5) is 4.27. The molecule has 1 heteroatoms. The average Bonchev–Trinajstić information content (AvgIpc) is 2.19. The molecule has 0 aliphatic rings. The van der Waals surface area contributed by atoms with Gasteiger partial charge in [-0.25, -0.2) is 0 Å². The highest BCUT2D eigenvalue weighted by molar-refractivity contribution is 5.82. The lowest BCUT2D eigenvalue weighted by atomic mass is 10.2. The van der Waals surface area contributed by atoms with E-state index in [9.17, 15) is 0 Å². The van der Waals surface area contributed by atoms with Crippen molar-refractivity contribution in [2.24, 2.45) is 4.99 Å². The standard InChI is InChI=1S/C12H15N/c1-3-11(2)13-10-9-12-7-5-4-6-8-12/h4-10H,3H2,1-2H3/b10-9+,13-11?. The average molecular weight is 173 g/mol. The molecule has 0 bridgehead atoms. The summed E-state index contributed by atoms with van der Waals surface area (Å²) >= 11 is 0. The van der Waals surface area contributed by atoms with E-state index in [2.05, 4.69) is 24.0 Å². The fourth-order valence-corrected chi connectivity index (χ4v) is 0.906. The third-order valence-corrected chi connectivity index (χ3v) is 1.87. The first kappa shape index (κ1) is 9.72. The second-order valence-corrected chi connectivity index (χ2v) is 2.94. The first-order valence-electron chi connectivity index (χ1n) is 4.58. The summed E-state index contributed by atoms with van der Waals surface area (Å²) in [5, 5.41) is 0. The van der Waals surface area contributed by atoms with Gasteiger partial charge in [-0.15, -0.1) is 0 Å². The lowest BCUT2D eigenvalue weighted by molar-refractivity contribution is 1.25. The quantitative estimate of drug-likeness (QED) is 0.620. The maximum atomic E-state index is 4.27. The molecule has 0 fully saturated rings. The van der Waals surface area contributed by atoms with E-state index in [4.69, 9.17) is 0 Å². The number of aliphatic imine (C=N–C) groups is 1. The van der Waals surface area contributed by atoms with Crippen molar-refractivity contribution in [3.05, 3.63) is 42.1 Å². The molecule has 0 aliphatic heterocycles. The highest BCUT2D eigenvalue weighted by Crippen LogP contribution is 2.01. The molecule has 0 unspecified atom stereocenters. The zero-order valence-corrected chi connectivity index (χ0v) is 8.20. The van der Waals surface area contributed by atoms with E-state index in [1.807, 2.05) is 37.4 Å². The molecule has 1 aromatic rings. The van der Waals surface area contributed by atoms with Gasteiger partial charge in [0.1, 0.15) is 0 Å². The molecule has 0 amide bonds. The Morgan fingerprint density at radius 2 is 2.00 bits per heavy atom. The molecule has 1 rings (SSSR count). The maximum absolute atomic E-state index is 4.27. The highest BCUT2D eigenvalue weighted by Gasteiger charge is 1.82. The van der Waals surface area contributed by atoms with Gasteiger partial charge in [0.15, 0.2) is 0 Å². The molecule has 0 radical (unpaired) electrons. The van der Waals surface area contributed by atoms with E-state index in [1.165, 1.54) is 5.56 Å². The van der Waals surface area contributed by atoms with Crippen LogP contribution in [0, 0.1) is 0 Å². The summed E-state index contributed by atoms with van der Waals surface area (Å²) in [7, 11) is 0. The highest BCUT2D eigenvalue weighted by atomic mass is 14.7. The number of benzene rings is 1. The topological polar surface area (TPSA) is 12.4 Å². The van der Waals surface area contributed by atoms with Crippen LogP contribution in [-0.2, 0) is 0 Å². The van der Waals surface area contributed by atoms with Gasteiger partial charge in [-0.1, -0.05) is 37.3 Å². The van der Waals surface area contributed by atoms with Crippen LogP contribution in [0.2, 0.25) is 0 Å². The van der Waals surface area contributed by atoms with Crippen LogP contribution in [0.5, 0.6) is 0 Å². The van der Waals surface area contributed by atoms with Crippen LogP contribution in [0.15, 0.2) is 41.5 Å². The molecule has 0 saturated carbocycles. The SMILES string of the molecule is CCC(C)=N/C=C/c1ccccc1. The summed E-state index contributed by atoms with van der Waals surface area (Å²) in [5.74, 6) is 0. The van der Waals surface area contributed by atoms with Gasteiger partial charge in [0.2, 0.25) is 0 Å². The molecule has 68 valence electrons. The second kappa shape index (κ2) is 5.31. The van der Waals surface area contributed by atoms with Crippen molar-refractivity contribution in [1.29, 1.82) is 0 Å². The van der Waals surface area contributed by atoms with Gasteiger partial charge in [0, 0.05) is 11.9 Å². The molecule has 0 atom stereocenters. The zero-order valence-electron chi connectivity index (χ0n) is 8.20. The Labute approximate surface area is 79.8 Å². The Kier molecular flexibility index (Phi) is 3.97. The Morgan fingerprint density at radius 1 is 1.31 bits per heavy atom. The summed E-state index contributed by atoms with van der Waals surface area (Å²) < 4.78 is 0.